The van der Waals surface area contributed by atoms with Gasteiger partial charge in [0.25, 0.3) is 0 Å². The van der Waals surface area contributed by atoms with Crippen LogP contribution >= 0.6 is 0 Å². The minimum atomic E-state index is 0.654. The molecule has 4 aliphatic rings. The Kier molecular flexibility index (Phi) is 10.3. The number of hydrogen-bond acceptors (Lipinski definition) is 0. The van der Waals surface area contributed by atoms with Crippen LogP contribution < -0.4 is 0 Å². The van der Waals surface area contributed by atoms with Gasteiger partial charge in [0.1, 0.15) is 0 Å². The first kappa shape index (κ1) is 27.0. The summed E-state index contributed by atoms with van der Waals surface area (Å²) in [6.45, 7) is 27.7. The second-order valence-electron chi connectivity index (χ2n) is 11.0. The van der Waals surface area contributed by atoms with Crippen LogP contribution in [0.3, 0.4) is 0 Å². The molecule has 0 heterocycles. The van der Waals surface area contributed by atoms with Gasteiger partial charge < -0.3 is 0 Å². The lowest BCUT2D eigenvalue weighted by Gasteiger charge is -2.64. The molecule has 0 bridgehead atoms. The maximum Gasteiger partial charge on any atom is -0.0261 e. The van der Waals surface area contributed by atoms with Crippen molar-refractivity contribution in [2.75, 3.05) is 0 Å². The Hall–Kier alpha value is 0. The van der Waals surface area contributed by atoms with Crippen LogP contribution in [0.2, 0.25) is 0 Å². The molecule has 29 heavy (non-hydrogen) atoms. The van der Waals surface area contributed by atoms with E-state index in [2.05, 4.69) is 41.5 Å². The highest BCUT2D eigenvalue weighted by atomic mass is 14.7. The monoisotopic (exact) mass is 406 g/mol. The lowest BCUT2D eigenvalue weighted by Crippen LogP contribution is -2.57. The second-order valence-corrected chi connectivity index (χ2v) is 11.0. The Bertz CT molecular complexity index is 467. The van der Waals surface area contributed by atoms with Gasteiger partial charge in [0.15, 0.2) is 0 Å². The molecule has 0 heteroatoms. The van der Waals surface area contributed by atoms with E-state index in [9.17, 15) is 0 Å². The molecule has 0 radical (unpaired) electrons. The molecule has 0 aromatic rings. The van der Waals surface area contributed by atoms with E-state index in [0.717, 1.165) is 47.3 Å². The van der Waals surface area contributed by atoms with Gasteiger partial charge in [-0.1, -0.05) is 83.1 Å². The summed E-state index contributed by atoms with van der Waals surface area (Å²) >= 11 is 0. The number of hydrogen-bond donors (Lipinski definition) is 0. The first-order valence-electron chi connectivity index (χ1n) is 13.8. The Morgan fingerprint density at radius 1 is 0.586 bits per heavy atom. The summed E-state index contributed by atoms with van der Waals surface area (Å²) in [7, 11) is 0. The van der Waals surface area contributed by atoms with Crippen LogP contribution in [0.4, 0.5) is 0 Å². The van der Waals surface area contributed by atoms with Crippen LogP contribution in [0, 0.1) is 58.2 Å². The number of fused-ring (bicyclic) bond motifs is 5. The van der Waals surface area contributed by atoms with Crippen LogP contribution in [0.1, 0.15) is 128 Å². The predicted octanol–water partition coefficient (Wildman–Crippen LogP) is 9.87. The molecule has 0 spiro atoms. The van der Waals surface area contributed by atoms with Gasteiger partial charge in [-0.3, -0.25) is 0 Å². The van der Waals surface area contributed by atoms with Gasteiger partial charge in [-0.25, -0.2) is 0 Å². The van der Waals surface area contributed by atoms with Crippen LogP contribution in [0.25, 0.3) is 0 Å². The topological polar surface area (TPSA) is 0 Å². The van der Waals surface area contributed by atoms with Gasteiger partial charge in [-0.15, -0.1) is 0 Å². The van der Waals surface area contributed by atoms with Crippen molar-refractivity contribution in [1.29, 1.82) is 0 Å². The molecule has 4 fully saturated rings. The zero-order chi connectivity index (χ0) is 22.6. The highest BCUT2D eigenvalue weighted by molar-refractivity contribution is 5.10. The van der Waals surface area contributed by atoms with Crippen molar-refractivity contribution >= 4 is 0 Å². The van der Waals surface area contributed by atoms with Crippen molar-refractivity contribution in [3.63, 3.8) is 0 Å². The van der Waals surface area contributed by atoms with E-state index in [1.165, 1.54) is 32.1 Å². The predicted molar refractivity (Wildman–Crippen MR) is 133 cm³/mol. The molecule has 0 N–H and O–H groups in total. The van der Waals surface area contributed by atoms with Gasteiger partial charge in [0, 0.05) is 0 Å². The molecule has 10 atom stereocenters. The largest absolute Gasteiger partial charge is 0.0683 e. The summed E-state index contributed by atoms with van der Waals surface area (Å²) in [5, 5.41) is 0. The Morgan fingerprint density at radius 2 is 1.10 bits per heavy atom. The highest BCUT2D eigenvalue weighted by Crippen LogP contribution is 2.69. The number of rotatable bonds is 0. The Balaban J connectivity index is 0.000000644. The zero-order valence-electron chi connectivity index (χ0n) is 22.6. The van der Waals surface area contributed by atoms with Gasteiger partial charge in [-0.05, 0) is 103 Å². The van der Waals surface area contributed by atoms with Gasteiger partial charge in [-0.2, -0.15) is 0 Å². The lowest BCUT2D eigenvalue weighted by molar-refractivity contribution is -0.154. The minimum Gasteiger partial charge on any atom is -0.0683 e. The smallest absolute Gasteiger partial charge is 0.0261 e. The van der Waals surface area contributed by atoms with E-state index in [1.807, 2.05) is 41.5 Å². The third-order valence-corrected chi connectivity index (χ3v) is 10.4. The third kappa shape index (κ3) is 4.48. The average Bonchev–Trinajstić information content (AvgIpc) is 3.05. The molecule has 4 saturated carbocycles. The van der Waals surface area contributed by atoms with E-state index in [-0.39, 0.29) is 0 Å². The third-order valence-electron chi connectivity index (χ3n) is 10.4. The second kappa shape index (κ2) is 11.0. The zero-order valence-corrected chi connectivity index (χ0v) is 22.6. The summed E-state index contributed by atoms with van der Waals surface area (Å²) in [5.74, 6) is 7.96. The van der Waals surface area contributed by atoms with Crippen molar-refractivity contribution in [2.45, 2.75) is 128 Å². The van der Waals surface area contributed by atoms with E-state index in [0.29, 0.717) is 10.8 Å². The molecule has 0 saturated heterocycles. The van der Waals surface area contributed by atoms with Crippen LogP contribution in [0.15, 0.2) is 0 Å². The van der Waals surface area contributed by atoms with Crippen LogP contribution in [-0.4, -0.2) is 0 Å². The summed E-state index contributed by atoms with van der Waals surface area (Å²) in [5.41, 5.74) is 1.33. The van der Waals surface area contributed by atoms with E-state index < -0.39 is 0 Å². The maximum atomic E-state index is 2.73. The van der Waals surface area contributed by atoms with E-state index in [1.54, 1.807) is 12.8 Å². The molecule has 0 amide bonds. The molecule has 4 rings (SSSR count). The first-order valence-corrected chi connectivity index (χ1v) is 13.8. The van der Waals surface area contributed by atoms with E-state index in [4.69, 9.17) is 0 Å². The molecule has 174 valence electrons. The Labute approximate surface area is 186 Å². The molecular weight excluding hydrogens is 348 g/mol. The summed E-state index contributed by atoms with van der Waals surface area (Å²) < 4.78 is 0. The molecule has 0 aliphatic heterocycles. The van der Waals surface area contributed by atoms with Crippen LogP contribution in [0.5, 0.6) is 0 Å². The highest BCUT2D eigenvalue weighted by Gasteiger charge is 2.61. The fraction of sp³-hybridized carbons (Fsp3) is 1.00. The van der Waals surface area contributed by atoms with Crippen molar-refractivity contribution in [2.24, 2.45) is 58.2 Å². The minimum absolute atomic E-state index is 0.654. The van der Waals surface area contributed by atoms with Crippen molar-refractivity contribution in [3.05, 3.63) is 0 Å². The van der Waals surface area contributed by atoms with Crippen molar-refractivity contribution < 1.29 is 0 Å². The van der Waals surface area contributed by atoms with Gasteiger partial charge >= 0.3 is 0 Å². The molecule has 0 aromatic carbocycles. The quantitative estimate of drug-likeness (QED) is 0.375. The summed E-state index contributed by atoms with van der Waals surface area (Å²) in [6.07, 6.45) is 10.7. The summed E-state index contributed by atoms with van der Waals surface area (Å²) in [6, 6.07) is 0. The molecular formula is C29H58. The maximum absolute atomic E-state index is 2.73. The normalized spacial score (nSPS) is 50.1. The van der Waals surface area contributed by atoms with E-state index >= 15 is 0 Å². The van der Waals surface area contributed by atoms with Crippen molar-refractivity contribution in [3.8, 4) is 0 Å². The first-order chi connectivity index (χ1) is 13.8. The molecule has 0 aromatic heterocycles. The molecule has 4 aliphatic carbocycles. The SMILES string of the molecule is CC.CC.CC.CC1CCC2(C)C3CCC4(C)C(C)CCC4C3CC(C)C2C1C. The van der Waals surface area contributed by atoms with Crippen molar-refractivity contribution in [1.82, 2.24) is 0 Å². The molecule has 10 unspecified atom stereocenters. The van der Waals surface area contributed by atoms with Crippen LogP contribution in [-0.2, 0) is 0 Å². The van der Waals surface area contributed by atoms with Gasteiger partial charge in [0.05, 0.1) is 0 Å². The Morgan fingerprint density at radius 3 is 1.69 bits per heavy atom. The standard InChI is InChI=1S/C23H40.3C2H6/c1-14-9-11-23(6)20-10-12-22(5)16(3)7-8-19(22)18(20)13-15(2)21(23)17(14)4;3*1-2/h14-21H,7-13H2,1-6H3;3*1-2H3. The fourth-order valence-corrected chi connectivity index (χ4v) is 8.80. The molecule has 0 nitrogen and oxygen atoms in total. The fourth-order valence-electron chi connectivity index (χ4n) is 8.80. The average molecular weight is 407 g/mol. The summed E-state index contributed by atoms with van der Waals surface area (Å²) in [4.78, 5) is 0. The lowest BCUT2D eigenvalue weighted by atomic mass is 9.41. The van der Waals surface area contributed by atoms with Gasteiger partial charge in [0.2, 0.25) is 0 Å².